The van der Waals surface area contributed by atoms with Crippen molar-refractivity contribution in [3.63, 3.8) is 0 Å². The average Bonchev–Trinajstić information content (AvgIpc) is 2.70. The molecule has 0 heterocycles. The highest BCUT2D eigenvalue weighted by molar-refractivity contribution is 6.20. The first-order valence-corrected chi connectivity index (χ1v) is 8.03. The summed E-state index contributed by atoms with van der Waals surface area (Å²) in [6.45, 7) is 0. The van der Waals surface area contributed by atoms with E-state index in [1.54, 1.807) is 0 Å². The lowest BCUT2D eigenvalue weighted by Gasteiger charge is -2.38. The minimum Gasteiger partial charge on any atom is -0.317 e. The highest BCUT2D eigenvalue weighted by atomic mass is 35.5. The second kappa shape index (κ2) is 6.58. The van der Waals surface area contributed by atoms with Gasteiger partial charge in [0.1, 0.15) is 0 Å². The summed E-state index contributed by atoms with van der Waals surface area (Å²) in [7, 11) is 6.59. The third-order valence-electron chi connectivity index (χ3n) is 5.15. The van der Waals surface area contributed by atoms with Gasteiger partial charge in [-0.1, -0.05) is 12.8 Å². The van der Waals surface area contributed by atoms with Crippen molar-refractivity contribution in [2.75, 3.05) is 21.1 Å². The van der Waals surface area contributed by atoms with E-state index < -0.39 is 0 Å². The number of hydrogen-bond acceptors (Lipinski definition) is 2. The van der Waals surface area contributed by atoms with E-state index in [1.165, 1.54) is 38.5 Å². The van der Waals surface area contributed by atoms with Crippen LogP contribution in [0.4, 0.5) is 0 Å². The molecule has 0 aromatic heterocycles. The van der Waals surface area contributed by atoms with Crippen molar-refractivity contribution in [1.82, 2.24) is 10.2 Å². The van der Waals surface area contributed by atoms with Gasteiger partial charge >= 0.3 is 0 Å². The van der Waals surface area contributed by atoms with E-state index in [1.807, 2.05) is 0 Å². The molecule has 0 aliphatic heterocycles. The minimum atomic E-state index is 0.397. The molecule has 2 rings (SSSR count). The van der Waals surface area contributed by atoms with E-state index in [0.717, 1.165) is 24.3 Å². The first kappa shape index (κ1) is 14.6. The molecule has 0 amide bonds. The van der Waals surface area contributed by atoms with E-state index >= 15 is 0 Å². The Bertz CT molecular complexity index is 257. The molecule has 2 saturated carbocycles. The maximum absolute atomic E-state index is 6.35. The Hall–Kier alpha value is 0.210. The third kappa shape index (κ3) is 3.40. The Labute approximate surface area is 117 Å². The molecule has 2 fully saturated rings. The number of hydrogen-bond donors (Lipinski definition) is 1. The number of nitrogens with one attached hydrogen (secondary N) is 1. The quantitative estimate of drug-likeness (QED) is 0.791. The molecule has 5 unspecified atom stereocenters. The predicted octanol–water partition coefficient (Wildman–Crippen LogP) is 3.10. The molecule has 2 aliphatic carbocycles. The van der Waals surface area contributed by atoms with Gasteiger partial charge in [-0.25, -0.2) is 0 Å². The largest absolute Gasteiger partial charge is 0.317 e. The van der Waals surface area contributed by atoms with Gasteiger partial charge in [0.15, 0.2) is 0 Å². The van der Waals surface area contributed by atoms with Gasteiger partial charge in [0, 0.05) is 17.5 Å². The fraction of sp³-hybridized carbons (Fsp3) is 1.00. The molecule has 3 heteroatoms. The molecule has 106 valence electrons. The average molecular weight is 273 g/mol. The first-order chi connectivity index (χ1) is 8.61. The molecule has 0 bridgehead atoms. The van der Waals surface area contributed by atoms with E-state index in [-0.39, 0.29) is 0 Å². The van der Waals surface area contributed by atoms with Crippen molar-refractivity contribution in [2.45, 2.75) is 62.4 Å². The predicted molar refractivity (Wildman–Crippen MR) is 79.3 cm³/mol. The zero-order chi connectivity index (χ0) is 13.1. The summed E-state index contributed by atoms with van der Waals surface area (Å²) in [5.74, 6) is 1.68. The number of alkyl halides is 1. The summed E-state index contributed by atoms with van der Waals surface area (Å²) < 4.78 is 0. The van der Waals surface area contributed by atoms with Gasteiger partial charge < -0.3 is 10.2 Å². The van der Waals surface area contributed by atoms with Gasteiger partial charge in [-0.15, -0.1) is 11.6 Å². The molecular formula is C15H29ClN2. The highest BCUT2D eigenvalue weighted by Crippen LogP contribution is 2.39. The monoisotopic (exact) mass is 272 g/mol. The summed E-state index contributed by atoms with van der Waals surface area (Å²) in [6, 6.07) is 1.45. The van der Waals surface area contributed by atoms with E-state index in [0.29, 0.717) is 11.4 Å². The van der Waals surface area contributed by atoms with Crippen LogP contribution in [0.2, 0.25) is 0 Å². The lowest BCUT2D eigenvalue weighted by molar-refractivity contribution is 0.129. The van der Waals surface area contributed by atoms with Crippen molar-refractivity contribution in [1.29, 1.82) is 0 Å². The van der Waals surface area contributed by atoms with Crippen LogP contribution in [0.1, 0.15) is 44.9 Å². The van der Waals surface area contributed by atoms with Gasteiger partial charge in [0.25, 0.3) is 0 Å². The maximum atomic E-state index is 6.35. The van der Waals surface area contributed by atoms with Crippen LogP contribution < -0.4 is 5.32 Å². The maximum Gasteiger partial charge on any atom is 0.0354 e. The summed E-state index contributed by atoms with van der Waals surface area (Å²) >= 11 is 6.35. The Balaban J connectivity index is 1.94. The van der Waals surface area contributed by atoms with Gasteiger partial charge in [0.05, 0.1) is 0 Å². The Kier molecular flexibility index (Phi) is 5.35. The van der Waals surface area contributed by atoms with Crippen molar-refractivity contribution in [2.24, 2.45) is 11.8 Å². The third-order valence-corrected chi connectivity index (χ3v) is 5.50. The van der Waals surface area contributed by atoms with Gasteiger partial charge in [0.2, 0.25) is 0 Å². The molecule has 0 saturated heterocycles. The van der Waals surface area contributed by atoms with Crippen LogP contribution in [0.25, 0.3) is 0 Å². The Morgan fingerprint density at radius 3 is 2.50 bits per heavy atom. The zero-order valence-corrected chi connectivity index (χ0v) is 12.9. The highest BCUT2D eigenvalue weighted by Gasteiger charge is 2.36. The second-order valence-corrected chi connectivity index (χ2v) is 7.15. The molecule has 2 nitrogen and oxygen atoms in total. The number of halogens is 1. The standard InChI is InChI=1S/C15H29ClN2/c1-17-14-10-13(16)9-12(14)8-11-6-4-5-7-15(11)18(2)3/h11-15,17H,4-10H2,1-3H3. The van der Waals surface area contributed by atoms with Crippen LogP contribution in [-0.4, -0.2) is 43.5 Å². The van der Waals surface area contributed by atoms with Crippen LogP contribution in [0, 0.1) is 11.8 Å². The Morgan fingerprint density at radius 2 is 1.83 bits per heavy atom. The van der Waals surface area contributed by atoms with E-state index in [9.17, 15) is 0 Å². The molecule has 2 aliphatic rings. The minimum absolute atomic E-state index is 0.397. The first-order valence-electron chi connectivity index (χ1n) is 7.59. The van der Waals surface area contributed by atoms with Crippen LogP contribution in [0.5, 0.6) is 0 Å². The van der Waals surface area contributed by atoms with Crippen LogP contribution in [0.15, 0.2) is 0 Å². The molecule has 0 aromatic carbocycles. The molecule has 0 aromatic rings. The van der Waals surface area contributed by atoms with Crippen LogP contribution in [0.3, 0.4) is 0 Å². The van der Waals surface area contributed by atoms with Crippen LogP contribution in [-0.2, 0) is 0 Å². The smallest absolute Gasteiger partial charge is 0.0354 e. The lowest BCUT2D eigenvalue weighted by Crippen LogP contribution is -2.40. The molecule has 5 atom stereocenters. The number of rotatable bonds is 4. The van der Waals surface area contributed by atoms with Crippen LogP contribution >= 0.6 is 11.6 Å². The van der Waals surface area contributed by atoms with E-state index in [2.05, 4.69) is 31.4 Å². The fourth-order valence-corrected chi connectivity index (χ4v) is 4.62. The van der Waals surface area contributed by atoms with Crippen molar-refractivity contribution < 1.29 is 0 Å². The Morgan fingerprint density at radius 1 is 1.11 bits per heavy atom. The summed E-state index contributed by atoms with van der Waals surface area (Å²) in [4.78, 5) is 2.45. The van der Waals surface area contributed by atoms with Crippen molar-refractivity contribution in [3.8, 4) is 0 Å². The topological polar surface area (TPSA) is 15.3 Å². The van der Waals surface area contributed by atoms with Gasteiger partial charge in [-0.3, -0.25) is 0 Å². The summed E-state index contributed by atoms with van der Waals surface area (Å²) in [5, 5.41) is 3.88. The van der Waals surface area contributed by atoms with Crippen molar-refractivity contribution in [3.05, 3.63) is 0 Å². The molecule has 0 radical (unpaired) electrons. The van der Waals surface area contributed by atoms with E-state index in [4.69, 9.17) is 11.6 Å². The lowest BCUT2D eigenvalue weighted by atomic mass is 9.77. The molecule has 0 spiro atoms. The zero-order valence-electron chi connectivity index (χ0n) is 12.2. The molecule has 18 heavy (non-hydrogen) atoms. The SMILES string of the molecule is CNC1CC(Cl)CC1CC1CCCCC1N(C)C. The second-order valence-electron chi connectivity index (χ2n) is 6.54. The molecular weight excluding hydrogens is 244 g/mol. The summed E-state index contributed by atoms with van der Waals surface area (Å²) in [5.41, 5.74) is 0. The van der Waals surface area contributed by atoms with Gasteiger partial charge in [-0.05, 0) is 65.1 Å². The number of nitrogens with zero attached hydrogens (tertiary/aromatic N) is 1. The molecule has 1 N–H and O–H groups in total. The van der Waals surface area contributed by atoms with Crippen molar-refractivity contribution >= 4 is 11.6 Å². The summed E-state index contributed by atoms with van der Waals surface area (Å²) in [6.07, 6.45) is 9.39. The fourth-order valence-electron chi connectivity index (χ4n) is 4.20. The van der Waals surface area contributed by atoms with Gasteiger partial charge in [-0.2, -0.15) is 0 Å². The normalized spacial score (nSPS) is 41.5.